The molecule has 3 saturated carbocycles. The molecule has 0 saturated heterocycles. The minimum absolute atomic E-state index is 0.0897. The summed E-state index contributed by atoms with van der Waals surface area (Å²) in [6.07, 6.45) is 3.72. The van der Waals surface area contributed by atoms with Gasteiger partial charge in [0.15, 0.2) is 11.5 Å². The molecule has 7 heteroatoms. The predicted octanol–water partition coefficient (Wildman–Crippen LogP) is 6.66. The predicted molar refractivity (Wildman–Crippen MR) is 150 cm³/mol. The van der Waals surface area contributed by atoms with Gasteiger partial charge in [-0.2, -0.15) is 5.26 Å². The number of alkyl halides is 1. The first-order chi connectivity index (χ1) is 19.6. The molecule has 0 aliphatic heterocycles. The van der Waals surface area contributed by atoms with Crippen molar-refractivity contribution < 1.29 is 28.6 Å². The Hall–Kier alpha value is -3.76. The van der Waals surface area contributed by atoms with E-state index in [2.05, 4.69) is 0 Å². The number of esters is 1. The number of para-hydroxylation sites is 1. The molecule has 0 bridgehead atoms. The molecule has 1 N–H and O–H groups in total. The van der Waals surface area contributed by atoms with Crippen molar-refractivity contribution in [1.29, 1.82) is 5.26 Å². The highest BCUT2D eigenvalue weighted by molar-refractivity contribution is 6.06. The molecule has 4 aliphatic carbocycles. The van der Waals surface area contributed by atoms with E-state index in [0.717, 1.165) is 0 Å². The highest BCUT2D eigenvalue weighted by Crippen LogP contribution is 2.68. The Morgan fingerprint density at radius 2 is 1.76 bits per heavy atom. The lowest BCUT2D eigenvalue weighted by Gasteiger charge is -2.61. The van der Waals surface area contributed by atoms with Gasteiger partial charge in [-0.3, -0.25) is 4.79 Å². The number of hydrogen-bond donors (Lipinski definition) is 1. The number of hydrogen-bond acceptors (Lipinski definition) is 6. The lowest BCUT2D eigenvalue weighted by atomic mass is 9.45. The summed E-state index contributed by atoms with van der Waals surface area (Å²) >= 11 is 0. The van der Waals surface area contributed by atoms with Gasteiger partial charge in [0, 0.05) is 22.3 Å². The fraction of sp³-hybridized carbons (Fsp3) is 0.441. The van der Waals surface area contributed by atoms with Crippen LogP contribution in [0.5, 0.6) is 11.5 Å². The summed E-state index contributed by atoms with van der Waals surface area (Å²) in [6, 6.07) is 18.2. The molecule has 212 valence electrons. The van der Waals surface area contributed by atoms with Crippen LogP contribution in [0.4, 0.5) is 4.39 Å². The summed E-state index contributed by atoms with van der Waals surface area (Å²) in [5, 5.41) is 20.8. The normalized spacial score (nSPS) is 35.6. The Labute approximate surface area is 239 Å². The summed E-state index contributed by atoms with van der Waals surface area (Å²) in [7, 11) is 0. The van der Waals surface area contributed by atoms with Crippen LogP contribution < -0.4 is 4.74 Å². The summed E-state index contributed by atoms with van der Waals surface area (Å²) in [4.78, 5) is 25.8. The van der Waals surface area contributed by atoms with E-state index in [1.807, 2.05) is 43.3 Å². The number of fused-ring (bicyclic) bond motifs is 5. The molecule has 6 rings (SSSR count). The number of ether oxygens (including phenoxy) is 2. The maximum atomic E-state index is 17.5. The van der Waals surface area contributed by atoms with Crippen molar-refractivity contribution in [2.24, 2.45) is 22.7 Å². The van der Waals surface area contributed by atoms with E-state index in [-0.39, 0.29) is 30.1 Å². The third-order valence-electron chi connectivity index (χ3n) is 10.3. The number of allylic oxidation sites excluding steroid dienone is 4. The van der Waals surface area contributed by atoms with Crippen LogP contribution in [0.15, 0.2) is 77.9 Å². The summed E-state index contributed by atoms with van der Waals surface area (Å²) < 4.78 is 29.4. The van der Waals surface area contributed by atoms with E-state index in [0.29, 0.717) is 48.3 Å². The number of carbonyl (C=O) groups is 2. The molecule has 4 aliphatic rings. The zero-order chi connectivity index (χ0) is 29.0. The Balaban J connectivity index is 1.21. The Morgan fingerprint density at radius 1 is 1.05 bits per heavy atom. The molecule has 0 spiro atoms. The lowest BCUT2D eigenvalue weighted by molar-refractivity contribution is -0.200. The molecular formula is C34H34FNO5. The van der Waals surface area contributed by atoms with Crippen LogP contribution in [-0.4, -0.2) is 34.7 Å². The summed E-state index contributed by atoms with van der Waals surface area (Å²) in [5.41, 5.74) is -2.38. The molecule has 7 atom stereocenters. The van der Waals surface area contributed by atoms with Crippen molar-refractivity contribution in [1.82, 2.24) is 0 Å². The van der Waals surface area contributed by atoms with Crippen molar-refractivity contribution in [3.63, 3.8) is 0 Å². The van der Waals surface area contributed by atoms with Gasteiger partial charge < -0.3 is 14.6 Å². The second-order valence-corrected chi connectivity index (χ2v) is 12.4. The largest absolute Gasteiger partial charge is 0.458 e. The Morgan fingerprint density at radius 3 is 2.46 bits per heavy atom. The first-order valence-electron chi connectivity index (χ1n) is 14.3. The summed E-state index contributed by atoms with van der Waals surface area (Å²) in [6.45, 7) is 3.77. The highest BCUT2D eigenvalue weighted by Gasteiger charge is 2.71. The van der Waals surface area contributed by atoms with Crippen molar-refractivity contribution in [3.8, 4) is 17.6 Å². The van der Waals surface area contributed by atoms with E-state index >= 15 is 4.39 Å². The summed E-state index contributed by atoms with van der Waals surface area (Å²) in [5.74, 6) is 0.0341. The molecule has 6 nitrogen and oxygen atoms in total. The van der Waals surface area contributed by atoms with E-state index in [1.54, 1.807) is 37.3 Å². The molecule has 0 radical (unpaired) electrons. The van der Waals surface area contributed by atoms with Crippen LogP contribution in [0, 0.1) is 34.0 Å². The number of halogens is 1. The zero-order valence-electron chi connectivity index (χ0n) is 23.3. The van der Waals surface area contributed by atoms with Gasteiger partial charge in [0.1, 0.15) is 17.6 Å². The van der Waals surface area contributed by atoms with Crippen LogP contribution in [0.2, 0.25) is 0 Å². The first kappa shape index (κ1) is 27.4. The van der Waals surface area contributed by atoms with Crippen LogP contribution >= 0.6 is 0 Å². The average molecular weight is 556 g/mol. The first-order valence-corrected chi connectivity index (χ1v) is 14.3. The molecule has 2 aromatic rings. The van der Waals surface area contributed by atoms with Gasteiger partial charge in [-0.1, -0.05) is 36.8 Å². The van der Waals surface area contributed by atoms with Crippen LogP contribution in [0.3, 0.4) is 0 Å². The monoisotopic (exact) mass is 555 g/mol. The van der Waals surface area contributed by atoms with Gasteiger partial charge in [-0.15, -0.1) is 0 Å². The lowest BCUT2D eigenvalue weighted by Crippen LogP contribution is -2.67. The second-order valence-electron chi connectivity index (χ2n) is 12.4. The van der Waals surface area contributed by atoms with Crippen LogP contribution in [-0.2, 0) is 9.53 Å². The number of rotatable bonds is 5. The maximum absolute atomic E-state index is 17.5. The maximum Gasteiger partial charge on any atom is 0.338 e. The number of carbonyl (C=O) groups excluding carboxylic acids is 2. The molecule has 2 aromatic carbocycles. The van der Waals surface area contributed by atoms with Gasteiger partial charge in [0.25, 0.3) is 0 Å². The second kappa shape index (κ2) is 9.95. The Bertz CT molecular complexity index is 1480. The number of ketones is 1. The topological polar surface area (TPSA) is 96.6 Å². The SMILES string of the molecule is C[C@]12C[C@H](O)C3(F)[C@@H](CCC4=CC(=O)C(CC#N)=C[C@@]43C)[C@@H]1CC[C@H]2OC(=O)c1ccc(Oc2ccccc2)cc1. The van der Waals surface area contributed by atoms with E-state index in [9.17, 15) is 20.0 Å². The van der Waals surface area contributed by atoms with Crippen LogP contribution in [0.25, 0.3) is 0 Å². The van der Waals surface area contributed by atoms with Crippen molar-refractivity contribution in [2.75, 3.05) is 0 Å². The number of nitriles is 1. The number of aliphatic hydroxyl groups excluding tert-OH is 1. The number of nitrogens with zero attached hydrogens (tertiary/aromatic N) is 1. The Kier molecular flexibility index (Phi) is 6.66. The molecule has 1 unspecified atom stereocenters. The van der Waals surface area contributed by atoms with E-state index in [1.165, 1.54) is 6.08 Å². The minimum atomic E-state index is -1.99. The molecule has 0 heterocycles. The fourth-order valence-corrected chi connectivity index (χ4v) is 8.23. The third-order valence-corrected chi connectivity index (χ3v) is 10.3. The molecule has 0 aromatic heterocycles. The molecular weight excluding hydrogens is 521 g/mol. The van der Waals surface area contributed by atoms with Gasteiger partial charge >= 0.3 is 5.97 Å². The van der Waals surface area contributed by atoms with E-state index in [4.69, 9.17) is 9.47 Å². The highest BCUT2D eigenvalue weighted by atomic mass is 19.1. The van der Waals surface area contributed by atoms with E-state index < -0.39 is 40.6 Å². The van der Waals surface area contributed by atoms with Gasteiger partial charge in [0.2, 0.25) is 0 Å². The van der Waals surface area contributed by atoms with Crippen molar-refractivity contribution >= 4 is 11.8 Å². The standard InChI is InChI=1S/C34H34FNO5/c1-32-20-29(38)34(35)27(13-10-23-18-28(37)22(16-17-36)19-33(23,34)2)26(32)14-15-30(32)41-31(39)21-8-11-25(12-9-21)40-24-6-4-3-5-7-24/h3-9,11-12,18-19,26-27,29-30,38H,10,13-16,20H2,1-2H3/t26-,27-,29-,30+,32-,33-,34?/m0/s1. The van der Waals surface area contributed by atoms with Crippen LogP contribution in [0.1, 0.15) is 62.7 Å². The smallest absolute Gasteiger partial charge is 0.338 e. The third kappa shape index (κ3) is 4.23. The number of aliphatic hydroxyl groups is 1. The molecule has 41 heavy (non-hydrogen) atoms. The molecule has 3 fully saturated rings. The van der Waals surface area contributed by atoms with Gasteiger partial charge in [-0.25, -0.2) is 9.18 Å². The number of benzene rings is 2. The minimum Gasteiger partial charge on any atom is -0.458 e. The van der Waals surface area contributed by atoms with Gasteiger partial charge in [-0.05, 0) is 87.4 Å². The quantitative estimate of drug-likeness (QED) is 0.415. The van der Waals surface area contributed by atoms with Crippen molar-refractivity contribution in [3.05, 3.63) is 83.5 Å². The van der Waals surface area contributed by atoms with Crippen molar-refractivity contribution in [2.45, 2.75) is 70.2 Å². The van der Waals surface area contributed by atoms with Gasteiger partial charge in [0.05, 0.1) is 24.2 Å². The zero-order valence-corrected chi connectivity index (χ0v) is 23.3. The fourth-order valence-electron chi connectivity index (χ4n) is 8.23. The molecule has 0 amide bonds. The average Bonchev–Trinajstić information content (AvgIpc) is 3.26.